The molecule has 23 heavy (non-hydrogen) atoms. The fourth-order valence-electron chi connectivity index (χ4n) is 2.54. The van der Waals surface area contributed by atoms with Crippen molar-refractivity contribution in [3.63, 3.8) is 0 Å². The number of amides is 1. The van der Waals surface area contributed by atoms with Crippen LogP contribution in [-0.4, -0.2) is 51.7 Å². The predicted octanol–water partition coefficient (Wildman–Crippen LogP) is 1.86. The van der Waals surface area contributed by atoms with Crippen molar-refractivity contribution in [1.29, 1.82) is 0 Å². The van der Waals surface area contributed by atoms with E-state index in [1.54, 1.807) is 24.3 Å². The van der Waals surface area contributed by atoms with Gasteiger partial charge in [-0.15, -0.1) is 0 Å². The Balaban J connectivity index is 2.05. The fourth-order valence-corrected chi connectivity index (χ4v) is 3.04. The number of nitrogens with zero attached hydrogens (tertiary/aromatic N) is 2. The maximum absolute atomic E-state index is 12.4. The van der Waals surface area contributed by atoms with Crippen LogP contribution in [0.3, 0.4) is 0 Å². The third-order valence-corrected chi connectivity index (χ3v) is 5.25. The largest absolute Gasteiger partial charge is 0.481 e. The average molecular weight is 340 g/mol. The van der Waals surface area contributed by atoms with Gasteiger partial charge >= 0.3 is 0 Å². The van der Waals surface area contributed by atoms with E-state index in [0.717, 1.165) is 32.2 Å². The lowest BCUT2D eigenvalue weighted by Crippen LogP contribution is -2.40. The van der Waals surface area contributed by atoms with E-state index in [1.165, 1.54) is 11.4 Å². The Morgan fingerprint density at radius 1 is 1.26 bits per heavy atom. The van der Waals surface area contributed by atoms with Crippen molar-refractivity contribution < 1.29 is 17.9 Å². The maximum atomic E-state index is 12.4. The lowest BCUT2D eigenvalue weighted by Gasteiger charge is -2.23. The first kappa shape index (κ1) is 17.6. The Morgan fingerprint density at radius 3 is 2.30 bits per heavy atom. The lowest BCUT2D eigenvalue weighted by atomic mass is 10.2. The van der Waals surface area contributed by atoms with Crippen LogP contribution in [-0.2, 0) is 14.8 Å². The van der Waals surface area contributed by atoms with Gasteiger partial charge in [-0.2, -0.15) is 0 Å². The second-order valence-electron chi connectivity index (χ2n) is 5.77. The van der Waals surface area contributed by atoms with Crippen molar-refractivity contribution >= 4 is 21.6 Å². The molecule has 1 aliphatic heterocycles. The summed E-state index contributed by atoms with van der Waals surface area (Å²) in [6.45, 7) is 3.53. The fraction of sp³-hybridized carbons (Fsp3) is 0.562. The summed E-state index contributed by atoms with van der Waals surface area (Å²) in [5, 5.41) is 0. The normalized spacial score (nSPS) is 16.2. The molecular formula is C16H24N2O4S. The zero-order valence-electron chi connectivity index (χ0n) is 13.9. The summed E-state index contributed by atoms with van der Waals surface area (Å²) in [6.07, 6.45) is 3.36. The molecule has 1 amide bonds. The summed E-state index contributed by atoms with van der Waals surface area (Å²) < 4.78 is 30.0. The van der Waals surface area contributed by atoms with Crippen molar-refractivity contribution in [2.45, 2.75) is 32.3 Å². The van der Waals surface area contributed by atoms with Crippen LogP contribution in [0.25, 0.3) is 0 Å². The average Bonchev–Trinajstić information content (AvgIpc) is 3.05. The van der Waals surface area contributed by atoms with Crippen molar-refractivity contribution in [3.05, 3.63) is 24.3 Å². The van der Waals surface area contributed by atoms with Gasteiger partial charge in [0.15, 0.2) is 6.10 Å². The Kier molecular flexibility index (Phi) is 5.51. The van der Waals surface area contributed by atoms with Gasteiger partial charge in [0.05, 0.1) is 11.9 Å². The molecule has 1 fully saturated rings. The number of rotatable bonds is 6. The predicted molar refractivity (Wildman–Crippen MR) is 90.2 cm³/mol. The van der Waals surface area contributed by atoms with Gasteiger partial charge in [-0.3, -0.25) is 9.10 Å². The minimum absolute atomic E-state index is 0.0299. The SMILES string of the molecule is CC[C@@H](Oc1ccc(N(C)S(C)(=O)=O)cc1)C(=O)N1CCCC1. The van der Waals surface area contributed by atoms with E-state index in [0.29, 0.717) is 17.9 Å². The molecule has 7 heteroatoms. The highest BCUT2D eigenvalue weighted by molar-refractivity contribution is 7.92. The molecule has 1 heterocycles. The molecule has 1 aliphatic rings. The van der Waals surface area contributed by atoms with E-state index in [1.807, 2.05) is 11.8 Å². The topological polar surface area (TPSA) is 66.9 Å². The number of ether oxygens (including phenoxy) is 1. The standard InChI is InChI=1S/C16H24N2O4S/c1-4-15(16(19)18-11-5-6-12-18)22-14-9-7-13(8-10-14)17(2)23(3,20)21/h7-10,15H,4-6,11-12H2,1-3H3/t15-/m1/s1. The van der Waals surface area contributed by atoms with E-state index in [4.69, 9.17) is 4.74 Å². The molecule has 6 nitrogen and oxygen atoms in total. The van der Waals surface area contributed by atoms with Crippen LogP contribution >= 0.6 is 0 Å². The van der Waals surface area contributed by atoms with Crippen LogP contribution < -0.4 is 9.04 Å². The van der Waals surface area contributed by atoms with Gasteiger partial charge < -0.3 is 9.64 Å². The number of hydrogen-bond acceptors (Lipinski definition) is 4. The number of benzene rings is 1. The zero-order valence-corrected chi connectivity index (χ0v) is 14.7. The second-order valence-corrected chi connectivity index (χ2v) is 7.79. The maximum Gasteiger partial charge on any atom is 0.263 e. The summed E-state index contributed by atoms with van der Waals surface area (Å²) in [6, 6.07) is 6.72. The van der Waals surface area contributed by atoms with E-state index >= 15 is 0 Å². The molecule has 0 unspecified atom stereocenters. The van der Waals surface area contributed by atoms with Crippen LogP contribution in [0.5, 0.6) is 5.75 Å². The summed E-state index contributed by atoms with van der Waals surface area (Å²) in [5.41, 5.74) is 0.554. The van der Waals surface area contributed by atoms with Gasteiger partial charge in [0.25, 0.3) is 5.91 Å². The molecule has 1 aromatic carbocycles. The Bertz CT molecular complexity index is 637. The molecule has 0 bridgehead atoms. The summed E-state index contributed by atoms with van der Waals surface area (Å²) >= 11 is 0. The molecule has 0 aromatic heterocycles. The zero-order chi connectivity index (χ0) is 17.0. The molecule has 0 radical (unpaired) electrons. The van der Waals surface area contributed by atoms with E-state index in [-0.39, 0.29) is 5.91 Å². The molecule has 0 spiro atoms. The van der Waals surface area contributed by atoms with E-state index < -0.39 is 16.1 Å². The Labute approximate surface area is 138 Å². The molecule has 0 saturated carbocycles. The number of sulfonamides is 1. The van der Waals surface area contributed by atoms with Gasteiger partial charge in [0.2, 0.25) is 10.0 Å². The first-order valence-corrected chi connectivity index (χ1v) is 9.67. The second kappa shape index (κ2) is 7.21. The molecule has 0 aliphatic carbocycles. The van der Waals surface area contributed by atoms with Gasteiger partial charge in [0, 0.05) is 20.1 Å². The number of carbonyl (C=O) groups excluding carboxylic acids is 1. The van der Waals surface area contributed by atoms with Gasteiger partial charge in [-0.25, -0.2) is 8.42 Å². The first-order chi connectivity index (χ1) is 10.8. The first-order valence-electron chi connectivity index (χ1n) is 7.82. The Hall–Kier alpha value is -1.76. The third-order valence-electron chi connectivity index (χ3n) is 4.04. The number of carbonyl (C=O) groups is 1. The monoisotopic (exact) mass is 340 g/mol. The molecule has 0 N–H and O–H groups in total. The minimum atomic E-state index is -3.29. The van der Waals surface area contributed by atoms with Crippen LogP contribution in [0.4, 0.5) is 5.69 Å². The van der Waals surface area contributed by atoms with Crippen molar-refractivity contribution in [2.24, 2.45) is 0 Å². The Morgan fingerprint density at radius 2 is 1.83 bits per heavy atom. The van der Waals surface area contributed by atoms with Crippen LogP contribution in [0.1, 0.15) is 26.2 Å². The minimum Gasteiger partial charge on any atom is -0.481 e. The summed E-state index contributed by atoms with van der Waals surface area (Å²) in [4.78, 5) is 14.2. The molecule has 128 valence electrons. The van der Waals surface area contributed by atoms with E-state index in [2.05, 4.69) is 0 Å². The van der Waals surface area contributed by atoms with Crippen LogP contribution in [0.2, 0.25) is 0 Å². The summed E-state index contributed by atoms with van der Waals surface area (Å²) in [5.74, 6) is 0.595. The van der Waals surface area contributed by atoms with Crippen LogP contribution in [0.15, 0.2) is 24.3 Å². The van der Waals surface area contributed by atoms with Gasteiger partial charge in [-0.05, 0) is 43.5 Å². The molecular weight excluding hydrogens is 316 g/mol. The van der Waals surface area contributed by atoms with Crippen molar-refractivity contribution in [2.75, 3.05) is 30.7 Å². The highest BCUT2D eigenvalue weighted by Gasteiger charge is 2.26. The van der Waals surface area contributed by atoms with Crippen molar-refractivity contribution in [1.82, 2.24) is 4.90 Å². The summed E-state index contributed by atoms with van der Waals surface area (Å²) in [7, 11) is -1.79. The quantitative estimate of drug-likeness (QED) is 0.793. The van der Waals surface area contributed by atoms with Gasteiger partial charge in [-0.1, -0.05) is 6.92 Å². The number of hydrogen-bond donors (Lipinski definition) is 0. The smallest absolute Gasteiger partial charge is 0.263 e. The highest BCUT2D eigenvalue weighted by atomic mass is 32.2. The molecule has 1 saturated heterocycles. The molecule has 1 atom stereocenters. The van der Waals surface area contributed by atoms with E-state index in [9.17, 15) is 13.2 Å². The van der Waals surface area contributed by atoms with Gasteiger partial charge in [0.1, 0.15) is 5.75 Å². The lowest BCUT2D eigenvalue weighted by molar-refractivity contribution is -0.137. The number of anilines is 1. The van der Waals surface area contributed by atoms with Crippen LogP contribution in [0, 0.1) is 0 Å². The third kappa shape index (κ3) is 4.37. The molecule has 1 aromatic rings. The highest BCUT2D eigenvalue weighted by Crippen LogP contribution is 2.22. The number of likely N-dealkylation sites (tertiary alicyclic amines) is 1. The molecule has 2 rings (SSSR count). The van der Waals surface area contributed by atoms with Crippen molar-refractivity contribution in [3.8, 4) is 5.75 Å².